The fourth-order valence-electron chi connectivity index (χ4n) is 4.65. The van der Waals surface area contributed by atoms with E-state index in [1.54, 1.807) is 22.1 Å². The minimum atomic E-state index is -0.430. The average Bonchev–Trinajstić information content (AvgIpc) is 3.32. The van der Waals surface area contributed by atoms with Gasteiger partial charge in [0, 0.05) is 45.8 Å². The summed E-state index contributed by atoms with van der Waals surface area (Å²) in [6, 6.07) is 1.57. The fourth-order valence-corrected chi connectivity index (χ4v) is 4.65. The van der Waals surface area contributed by atoms with E-state index < -0.39 is 5.41 Å². The van der Waals surface area contributed by atoms with Gasteiger partial charge in [-0.2, -0.15) is 5.10 Å². The summed E-state index contributed by atoms with van der Waals surface area (Å²) in [4.78, 5) is 43.4. The number of hydrogen-bond acceptors (Lipinski definition) is 5. The van der Waals surface area contributed by atoms with E-state index in [2.05, 4.69) is 10.00 Å². The van der Waals surface area contributed by atoms with Crippen molar-refractivity contribution in [3.05, 3.63) is 22.6 Å². The number of anilines is 1. The molecule has 1 aromatic heterocycles. The molecule has 8 heteroatoms. The van der Waals surface area contributed by atoms with Crippen molar-refractivity contribution in [2.45, 2.75) is 38.6 Å². The molecule has 8 nitrogen and oxygen atoms in total. The summed E-state index contributed by atoms with van der Waals surface area (Å²) in [6.45, 7) is 3.63. The van der Waals surface area contributed by atoms with Gasteiger partial charge in [0.2, 0.25) is 11.8 Å². The Morgan fingerprint density at radius 2 is 1.89 bits per heavy atom. The molecule has 1 aromatic rings. The van der Waals surface area contributed by atoms with Gasteiger partial charge in [0.15, 0.2) is 0 Å². The van der Waals surface area contributed by atoms with Crippen LogP contribution in [0.1, 0.15) is 32.1 Å². The van der Waals surface area contributed by atoms with Gasteiger partial charge in [-0.05, 0) is 32.1 Å². The van der Waals surface area contributed by atoms with E-state index in [0.717, 1.165) is 51.0 Å². The molecule has 3 aliphatic rings. The maximum atomic E-state index is 12.7. The van der Waals surface area contributed by atoms with Gasteiger partial charge in [-0.1, -0.05) is 0 Å². The van der Waals surface area contributed by atoms with Crippen LogP contribution in [0.3, 0.4) is 0 Å². The Morgan fingerprint density at radius 3 is 2.63 bits per heavy atom. The van der Waals surface area contributed by atoms with Crippen molar-refractivity contribution in [3.63, 3.8) is 0 Å². The number of nitrogens with zero attached hydrogens (tertiary/aromatic N) is 5. The highest BCUT2D eigenvalue weighted by molar-refractivity contribution is 5.85. The van der Waals surface area contributed by atoms with Gasteiger partial charge in [0.05, 0.1) is 17.3 Å². The zero-order valence-electron chi connectivity index (χ0n) is 15.9. The molecule has 0 saturated carbocycles. The zero-order valence-corrected chi connectivity index (χ0v) is 15.9. The molecule has 0 bridgehead atoms. The Hall–Kier alpha value is -2.38. The van der Waals surface area contributed by atoms with Crippen molar-refractivity contribution >= 4 is 17.5 Å². The lowest BCUT2D eigenvalue weighted by Gasteiger charge is -2.37. The molecule has 3 fully saturated rings. The van der Waals surface area contributed by atoms with E-state index in [9.17, 15) is 14.4 Å². The third-order valence-electron chi connectivity index (χ3n) is 6.27. The molecule has 1 spiro atoms. The number of aromatic nitrogens is 2. The Bertz CT molecular complexity index is 801. The van der Waals surface area contributed by atoms with E-state index in [4.69, 9.17) is 0 Å². The van der Waals surface area contributed by atoms with E-state index in [0.29, 0.717) is 19.5 Å². The molecule has 4 rings (SSSR count). The van der Waals surface area contributed by atoms with Crippen molar-refractivity contribution in [2.75, 3.05) is 44.7 Å². The molecular weight excluding hydrogens is 346 g/mol. The molecule has 146 valence electrons. The van der Waals surface area contributed by atoms with E-state index in [-0.39, 0.29) is 23.9 Å². The minimum Gasteiger partial charge on any atom is -0.370 e. The van der Waals surface area contributed by atoms with Gasteiger partial charge in [0.25, 0.3) is 5.56 Å². The summed E-state index contributed by atoms with van der Waals surface area (Å²) >= 11 is 0. The van der Waals surface area contributed by atoms with Crippen molar-refractivity contribution in [1.29, 1.82) is 0 Å². The molecule has 0 radical (unpaired) electrons. The number of hydrogen-bond donors (Lipinski definition) is 0. The maximum Gasteiger partial charge on any atom is 0.269 e. The van der Waals surface area contributed by atoms with Crippen LogP contribution in [0, 0.1) is 5.41 Å². The molecule has 0 N–H and O–H groups in total. The normalized spacial score (nSPS) is 25.7. The van der Waals surface area contributed by atoms with E-state index in [1.165, 1.54) is 4.68 Å². The summed E-state index contributed by atoms with van der Waals surface area (Å²) in [5.74, 6) is 0.00531. The number of rotatable bonds is 3. The molecule has 0 aliphatic carbocycles. The second kappa shape index (κ2) is 6.98. The van der Waals surface area contributed by atoms with Crippen molar-refractivity contribution < 1.29 is 9.59 Å². The second-order valence-electron chi connectivity index (χ2n) is 8.08. The molecule has 27 heavy (non-hydrogen) atoms. The maximum absolute atomic E-state index is 12.7. The lowest BCUT2D eigenvalue weighted by molar-refractivity contribution is -0.144. The van der Waals surface area contributed by atoms with Crippen LogP contribution in [0.15, 0.2) is 17.1 Å². The summed E-state index contributed by atoms with van der Waals surface area (Å²) in [7, 11) is 1.83. The SMILES string of the molecule is CN1CCC[C@@]2(CCN(C(=O)Cn3ncc(N4CCCC4)cc3=O)C2)C1=O. The summed E-state index contributed by atoms with van der Waals surface area (Å²) < 4.78 is 1.22. The summed E-state index contributed by atoms with van der Waals surface area (Å²) in [6.07, 6.45) is 6.45. The quantitative estimate of drug-likeness (QED) is 0.762. The summed E-state index contributed by atoms with van der Waals surface area (Å²) in [5.41, 5.74) is 0.146. The standard InChI is InChI=1S/C19H27N5O3/c1-21-7-4-5-19(18(21)27)6-10-23(14-19)17(26)13-24-16(25)11-15(12-20-24)22-8-2-3-9-22/h11-12H,2-10,13-14H2,1H3/t19-/m0/s1. The van der Waals surface area contributed by atoms with Crippen LogP contribution in [-0.4, -0.2) is 71.2 Å². The largest absolute Gasteiger partial charge is 0.370 e. The Labute approximate surface area is 158 Å². The molecule has 2 amide bonds. The lowest BCUT2D eigenvalue weighted by atomic mass is 9.78. The van der Waals surface area contributed by atoms with Crippen molar-refractivity contribution in [1.82, 2.24) is 19.6 Å². The van der Waals surface area contributed by atoms with Crippen LogP contribution in [0.4, 0.5) is 5.69 Å². The first kappa shape index (κ1) is 18.0. The van der Waals surface area contributed by atoms with Crippen LogP contribution in [-0.2, 0) is 16.1 Å². The highest BCUT2D eigenvalue weighted by Gasteiger charge is 2.48. The van der Waals surface area contributed by atoms with Crippen LogP contribution < -0.4 is 10.5 Å². The average molecular weight is 373 g/mol. The molecule has 3 aliphatic heterocycles. The van der Waals surface area contributed by atoms with Crippen LogP contribution in [0.2, 0.25) is 0 Å². The van der Waals surface area contributed by atoms with Gasteiger partial charge >= 0.3 is 0 Å². The number of carbonyl (C=O) groups is 2. The zero-order chi connectivity index (χ0) is 19.0. The van der Waals surface area contributed by atoms with Crippen LogP contribution >= 0.6 is 0 Å². The number of piperidine rings is 1. The predicted molar refractivity (Wildman–Crippen MR) is 100 cm³/mol. The van der Waals surface area contributed by atoms with Crippen molar-refractivity contribution in [3.8, 4) is 0 Å². The molecule has 0 unspecified atom stereocenters. The number of carbonyl (C=O) groups excluding carboxylic acids is 2. The van der Waals surface area contributed by atoms with Gasteiger partial charge in [-0.25, -0.2) is 4.68 Å². The first-order valence-electron chi connectivity index (χ1n) is 9.84. The number of likely N-dealkylation sites (tertiary alicyclic amines) is 2. The monoisotopic (exact) mass is 373 g/mol. The fraction of sp³-hybridized carbons (Fsp3) is 0.684. The first-order chi connectivity index (χ1) is 13.0. The Balaban J connectivity index is 1.42. The van der Waals surface area contributed by atoms with Gasteiger partial charge in [-0.3, -0.25) is 14.4 Å². The second-order valence-corrected chi connectivity index (χ2v) is 8.08. The van der Waals surface area contributed by atoms with Crippen LogP contribution in [0.5, 0.6) is 0 Å². The molecule has 1 atom stereocenters. The van der Waals surface area contributed by atoms with E-state index >= 15 is 0 Å². The third-order valence-corrected chi connectivity index (χ3v) is 6.27. The molecule has 3 saturated heterocycles. The van der Waals surface area contributed by atoms with Gasteiger partial charge in [-0.15, -0.1) is 0 Å². The topological polar surface area (TPSA) is 78.8 Å². The highest BCUT2D eigenvalue weighted by atomic mass is 16.2. The highest BCUT2D eigenvalue weighted by Crippen LogP contribution is 2.39. The number of amides is 2. The third kappa shape index (κ3) is 3.33. The minimum absolute atomic E-state index is 0.0702. The first-order valence-corrected chi connectivity index (χ1v) is 9.84. The molecule has 0 aromatic carbocycles. The Morgan fingerprint density at radius 1 is 1.11 bits per heavy atom. The molecular formula is C19H27N5O3. The van der Waals surface area contributed by atoms with Gasteiger partial charge in [0.1, 0.15) is 6.54 Å². The van der Waals surface area contributed by atoms with E-state index in [1.807, 2.05) is 7.05 Å². The van der Waals surface area contributed by atoms with Gasteiger partial charge < -0.3 is 14.7 Å². The smallest absolute Gasteiger partial charge is 0.269 e. The predicted octanol–water partition coefficient (Wildman–Crippen LogP) is 0.314. The van der Waals surface area contributed by atoms with Crippen LogP contribution in [0.25, 0.3) is 0 Å². The molecule has 4 heterocycles. The Kier molecular flexibility index (Phi) is 4.65. The lowest BCUT2D eigenvalue weighted by Crippen LogP contribution is -2.49. The van der Waals surface area contributed by atoms with Crippen molar-refractivity contribution in [2.24, 2.45) is 5.41 Å². The summed E-state index contributed by atoms with van der Waals surface area (Å²) in [5, 5.41) is 4.21.